The summed E-state index contributed by atoms with van der Waals surface area (Å²) in [5.41, 5.74) is 0.723. The highest BCUT2D eigenvalue weighted by atomic mass is 16.6. The van der Waals surface area contributed by atoms with E-state index in [1.54, 1.807) is 0 Å². The van der Waals surface area contributed by atoms with Crippen molar-refractivity contribution in [3.05, 3.63) is 0 Å². The molecule has 0 aromatic carbocycles. The molecule has 2 N–H and O–H groups in total. The average Bonchev–Trinajstić information content (AvgIpc) is 2.71. The van der Waals surface area contributed by atoms with E-state index in [9.17, 15) is 0 Å². The van der Waals surface area contributed by atoms with Crippen LogP contribution in [0.3, 0.4) is 0 Å². The Balaban J connectivity index is 0.000000399. The maximum atomic E-state index is 8.56. The lowest BCUT2D eigenvalue weighted by Crippen LogP contribution is -2.26. The molecule has 0 radical (unpaired) electrons. The second-order valence-corrected chi connectivity index (χ2v) is 6.54. The fourth-order valence-electron chi connectivity index (χ4n) is 3.92. The Morgan fingerprint density at radius 1 is 0.842 bits per heavy atom. The van der Waals surface area contributed by atoms with Gasteiger partial charge in [0.1, 0.15) is 0 Å². The van der Waals surface area contributed by atoms with Gasteiger partial charge in [0.15, 0.2) is 0 Å². The van der Waals surface area contributed by atoms with Gasteiger partial charge < -0.3 is 10.2 Å². The molecule has 0 amide bonds. The summed E-state index contributed by atoms with van der Waals surface area (Å²) in [4.78, 5) is 8.56. The molecule has 2 fully saturated rings. The largest absolute Gasteiger partial charge is 0.503 e. The topological polar surface area (TPSA) is 57.5 Å². The van der Waals surface area contributed by atoms with E-state index in [0.29, 0.717) is 0 Å². The Morgan fingerprint density at radius 2 is 1.21 bits per heavy atom. The molecule has 2 saturated carbocycles. The molecule has 0 aromatic rings. The monoisotopic (exact) mass is 270 g/mol. The lowest BCUT2D eigenvalue weighted by molar-refractivity contribution is 0.137. The summed E-state index contributed by atoms with van der Waals surface area (Å²) in [5, 5.41) is 13.9. The van der Waals surface area contributed by atoms with Gasteiger partial charge in [-0.2, -0.15) is 0 Å². The molecule has 0 saturated heterocycles. The molecule has 0 aliphatic heterocycles. The van der Waals surface area contributed by atoms with Gasteiger partial charge in [0.05, 0.1) is 0 Å². The van der Waals surface area contributed by atoms with E-state index in [0.717, 1.165) is 11.3 Å². The molecule has 19 heavy (non-hydrogen) atoms. The zero-order valence-corrected chi connectivity index (χ0v) is 12.4. The molecule has 2 aliphatic carbocycles. The van der Waals surface area contributed by atoms with Crippen LogP contribution in [0.4, 0.5) is 4.79 Å². The molecular weight excluding hydrogens is 240 g/mol. The minimum absolute atomic E-state index is 0.723. The Hall–Kier alpha value is -0.730. The third-order valence-electron chi connectivity index (χ3n) is 5.09. The number of carboxylic acid groups (broad SMARTS) is 2. The standard InChI is InChI=1S/C15H28.CH2O3/c1-15(12-8-4-5-9-13-15)14-10-6-2-3-7-11-14;2-1(3)4/h14H,2-13H2,1H3;(H2,2,3,4). The van der Waals surface area contributed by atoms with E-state index in [2.05, 4.69) is 6.92 Å². The maximum Gasteiger partial charge on any atom is 0.503 e. The second-order valence-electron chi connectivity index (χ2n) is 6.54. The lowest BCUT2D eigenvalue weighted by Gasteiger charge is -2.37. The lowest BCUT2D eigenvalue weighted by atomic mass is 9.68. The van der Waals surface area contributed by atoms with Crippen LogP contribution < -0.4 is 0 Å². The van der Waals surface area contributed by atoms with Crippen LogP contribution in [-0.2, 0) is 0 Å². The highest BCUT2D eigenvalue weighted by Gasteiger charge is 2.34. The Kier molecular flexibility index (Phi) is 7.25. The first kappa shape index (κ1) is 16.3. The molecule has 2 aliphatic rings. The minimum Gasteiger partial charge on any atom is -0.450 e. The molecule has 2 rings (SSSR count). The van der Waals surface area contributed by atoms with Gasteiger partial charge >= 0.3 is 6.16 Å². The van der Waals surface area contributed by atoms with Crippen LogP contribution in [0, 0.1) is 11.3 Å². The van der Waals surface area contributed by atoms with Crippen LogP contribution in [-0.4, -0.2) is 16.4 Å². The van der Waals surface area contributed by atoms with Crippen molar-refractivity contribution in [2.75, 3.05) is 0 Å². The summed E-state index contributed by atoms with van der Waals surface area (Å²) in [6.45, 7) is 2.61. The van der Waals surface area contributed by atoms with E-state index < -0.39 is 6.16 Å². The van der Waals surface area contributed by atoms with Crippen LogP contribution in [0.2, 0.25) is 0 Å². The van der Waals surface area contributed by atoms with E-state index in [4.69, 9.17) is 15.0 Å². The first-order valence-electron chi connectivity index (χ1n) is 7.96. The van der Waals surface area contributed by atoms with Crippen molar-refractivity contribution >= 4 is 6.16 Å². The molecule has 0 atom stereocenters. The second kappa shape index (κ2) is 8.44. The zero-order valence-electron chi connectivity index (χ0n) is 12.4. The fraction of sp³-hybridized carbons (Fsp3) is 0.938. The summed E-state index contributed by atoms with van der Waals surface area (Å²) in [7, 11) is 0. The average molecular weight is 270 g/mol. The van der Waals surface area contributed by atoms with Crippen LogP contribution in [0.1, 0.15) is 84.0 Å². The number of hydrogen-bond donors (Lipinski definition) is 2. The Labute approximate surface area is 117 Å². The van der Waals surface area contributed by atoms with Crippen LogP contribution in [0.25, 0.3) is 0 Å². The normalized spacial score (nSPS) is 24.5. The third-order valence-corrected chi connectivity index (χ3v) is 5.09. The van der Waals surface area contributed by atoms with Gasteiger partial charge in [-0.05, 0) is 37.0 Å². The van der Waals surface area contributed by atoms with Crippen molar-refractivity contribution in [1.29, 1.82) is 0 Å². The van der Waals surface area contributed by atoms with E-state index >= 15 is 0 Å². The highest BCUT2D eigenvalue weighted by Crippen LogP contribution is 2.46. The van der Waals surface area contributed by atoms with Crippen molar-refractivity contribution in [1.82, 2.24) is 0 Å². The first-order valence-corrected chi connectivity index (χ1v) is 7.96. The van der Waals surface area contributed by atoms with Crippen molar-refractivity contribution in [3.8, 4) is 0 Å². The molecule has 0 bridgehead atoms. The highest BCUT2D eigenvalue weighted by molar-refractivity contribution is 5.53. The molecule has 3 heteroatoms. The Bertz CT molecular complexity index is 243. The van der Waals surface area contributed by atoms with Gasteiger partial charge in [0.2, 0.25) is 0 Å². The number of rotatable bonds is 1. The van der Waals surface area contributed by atoms with Crippen molar-refractivity contribution < 1.29 is 15.0 Å². The minimum atomic E-state index is -1.83. The summed E-state index contributed by atoms with van der Waals surface area (Å²) in [6, 6.07) is 0. The molecule has 3 nitrogen and oxygen atoms in total. The first-order chi connectivity index (χ1) is 9.04. The number of hydrogen-bond acceptors (Lipinski definition) is 1. The molecule has 0 spiro atoms. The van der Waals surface area contributed by atoms with Gasteiger partial charge in [-0.15, -0.1) is 0 Å². The van der Waals surface area contributed by atoms with Gasteiger partial charge in [-0.3, -0.25) is 0 Å². The third kappa shape index (κ3) is 6.31. The predicted octanol–water partition coefficient (Wildman–Crippen LogP) is 5.54. The molecule has 112 valence electrons. The summed E-state index contributed by atoms with van der Waals surface area (Å²) in [5.74, 6) is 1.07. The van der Waals surface area contributed by atoms with Gasteiger partial charge in [-0.1, -0.05) is 58.3 Å². The predicted molar refractivity (Wildman–Crippen MR) is 77.7 cm³/mol. The van der Waals surface area contributed by atoms with Gasteiger partial charge in [0.25, 0.3) is 0 Å². The molecular formula is C16H30O3. The molecule has 0 heterocycles. The van der Waals surface area contributed by atoms with Crippen molar-refractivity contribution in [3.63, 3.8) is 0 Å². The fourth-order valence-corrected chi connectivity index (χ4v) is 3.92. The number of carbonyl (C=O) groups is 1. The Morgan fingerprint density at radius 3 is 1.63 bits per heavy atom. The van der Waals surface area contributed by atoms with Crippen LogP contribution >= 0.6 is 0 Å². The molecule has 0 aromatic heterocycles. The van der Waals surface area contributed by atoms with Crippen LogP contribution in [0.5, 0.6) is 0 Å². The van der Waals surface area contributed by atoms with Crippen molar-refractivity contribution in [2.45, 2.75) is 84.0 Å². The summed E-state index contributed by atoms with van der Waals surface area (Å²) < 4.78 is 0. The van der Waals surface area contributed by atoms with Crippen molar-refractivity contribution in [2.24, 2.45) is 11.3 Å². The van der Waals surface area contributed by atoms with Gasteiger partial charge in [-0.25, -0.2) is 4.79 Å². The maximum absolute atomic E-state index is 8.56. The smallest absolute Gasteiger partial charge is 0.450 e. The SMILES string of the molecule is CC1(C2CCCCCC2)CCCCCC1.O=C(O)O. The van der Waals surface area contributed by atoms with E-state index in [-0.39, 0.29) is 0 Å². The summed E-state index contributed by atoms with van der Waals surface area (Å²) >= 11 is 0. The zero-order chi connectivity index (χ0) is 14.1. The van der Waals surface area contributed by atoms with Crippen LogP contribution in [0.15, 0.2) is 0 Å². The quantitative estimate of drug-likeness (QED) is 0.615. The van der Waals surface area contributed by atoms with E-state index in [1.807, 2.05) is 0 Å². The van der Waals surface area contributed by atoms with Gasteiger partial charge in [0, 0.05) is 0 Å². The van der Waals surface area contributed by atoms with E-state index in [1.165, 1.54) is 77.0 Å². The summed E-state index contributed by atoms with van der Waals surface area (Å²) in [6.07, 6.45) is 16.4. The molecule has 0 unspecified atom stereocenters.